The van der Waals surface area contributed by atoms with Gasteiger partial charge in [0.25, 0.3) is 0 Å². The second-order valence-corrected chi connectivity index (χ2v) is 5.74. The monoisotopic (exact) mass is 302 g/mol. The molecule has 0 atom stereocenters. The van der Waals surface area contributed by atoms with Crippen molar-refractivity contribution in [3.05, 3.63) is 29.1 Å². The van der Waals surface area contributed by atoms with Gasteiger partial charge in [0.15, 0.2) is 0 Å². The second-order valence-electron chi connectivity index (χ2n) is 5.74. The molecule has 0 aliphatic heterocycles. The normalized spacial score (nSPS) is 11.1. The Hall–Kier alpha value is -1.88. The quantitative estimate of drug-likeness (QED) is 0.822. The van der Waals surface area contributed by atoms with E-state index < -0.39 is 0 Å². The molecule has 0 bridgehead atoms. The van der Waals surface area contributed by atoms with Crippen LogP contribution in [0.4, 0.5) is 0 Å². The van der Waals surface area contributed by atoms with Gasteiger partial charge >= 0.3 is 0 Å². The highest BCUT2D eigenvalue weighted by atomic mass is 16.1. The number of amides is 1. The first-order valence-corrected chi connectivity index (χ1v) is 8.00. The number of hydrogen-bond acceptors (Lipinski definition) is 3. The molecule has 120 valence electrons. The highest BCUT2D eigenvalue weighted by molar-refractivity contribution is 5.79. The van der Waals surface area contributed by atoms with Gasteiger partial charge in [-0.25, -0.2) is 4.98 Å². The zero-order valence-electron chi connectivity index (χ0n) is 13.8. The minimum absolute atomic E-state index is 0.0404. The van der Waals surface area contributed by atoms with E-state index in [1.165, 1.54) is 11.1 Å². The molecule has 0 fully saturated rings. The predicted octanol–water partition coefficient (Wildman–Crippen LogP) is 2.07. The Labute approximate surface area is 131 Å². The number of imidazole rings is 1. The molecule has 0 saturated heterocycles. The summed E-state index contributed by atoms with van der Waals surface area (Å²) in [6, 6.07) is 4.31. The van der Waals surface area contributed by atoms with Crippen LogP contribution in [0.1, 0.15) is 36.7 Å². The fraction of sp³-hybridized carbons (Fsp3) is 0.529. The zero-order valence-corrected chi connectivity index (χ0v) is 13.8. The Kier molecular flexibility index (Phi) is 5.55. The van der Waals surface area contributed by atoms with Crippen LogP contribution in [0.25, 0.3) is 11.0 Å². The lowest BCUT2D eigenvalue weighted by molar-refractivity contribution is -0.121. The number of benzene rings is 1. The highest BCUT2D eigenvalue weighted by Gasteiger charge is 2.12. The Morgan fingerprint density at radius 3 is 2.73 bits per heavy atom. The molecule has 1 aromatic carbocycles. The van der Waals surface area contributed by atoms with Crippen molar-refractivity contribution in [1.82, 2.24) is 14.9 Å². The van der Waals surface area contributed by atoms with Gasteiger partial charge in [-0.1, -0.05) is 6.92 Å². The molecule has 0 spiro atoms. The standard InChI is InChI=1S/C17H26N4O/c1-4-5-16-20-14-10-12(2)13(3)11-15(14)21(16)9-6-17(22)19-8-7-18/h10-11H,4-9,18H2,1-3H3,(H,19,22). The van der Waals surface area contributed by atoms with E-state index in [9.17, 15) is 4.79 Å². The van der Waals surface area contributed by atoms with Crippen molar-refractivity contribution >= 4 is 16.9 Å². The number of carbonyl (C=O) groups excluding carboxylic acids is 1. The van der Waals surface area contributed by atoms with Gasteiger partial charge in [-0.05, 0) is 43.5 Å². The molecule has 0 aliphatic carbocycles. The lowest BCUT2D eigenvalue weighted by atomic mass is 10.1. The molecule has 22 heavy (non-hydrogen) atoms. The summed E-state index contributed by atoms with van der Waals surface area (Å²) in [5.74, 6) is 1.10. The highest BCUT2D eigenvalue weighted by Crippen LogP contribution is 2.22. The largest absolute Gasteiger partial charge is 0.355 e. The Morgan fingerprint density at radius 2 is 2.05 bits per heavy atom. The van der Waals surface area contributed by atoms with Crippen molar-refractivity contribution in [1.29, 1.82) is 0 Å². The summed E-state index contributed by atoms with van der Waals surface area (Å²) in [4.78, 5) is 16.6. The minimum atomic E-state index is 0.0404. The van der Waals surface area contributed by atoms with Crippen LogP contribution in [0.2, 0.25) is 0 Å². The van der Waals surface area contributed by atoms with Crippen LogP contribution < -0.4 is 11.1 Å². The molecular weight excluding hydrogens is 276 g/mol. The average Bonchev–Trinajstić information content (AvgIpc) is 2.80. The van der Waals surface area contributed by atoms with Crippen LogP contribution >= 0.6 is 0 Å². The molecule has 5 heteroatoms. The maximum absolute atomic E-state index is 11.8. The van der Waals surface area contributed by atoms with Crippen LogP contribution in [0.15, 0.2) is 12.1 Å². The van der Waals surface area contributed by atoms with Gasteiger partial charge in [0, 0.05) is 32.5 Å². The van der Waals surface area contributed by atoms with Crippen LogP contribution in [0.5, 0.6) is 0 Å². The van der Waals surface area contributed by atoms with E-state index in [4.69, 9.17) is 10.7 Å². The SMILES string of the molecule is CCCc1nc2cc(C)c(C)cc2n1CCC(=O)NCCN. The number of fused-ring (bicyclic) bond motifs is 1. The Bertz CT molecular complexity index is 660. The van der Waals surface area contributed by atoms with Crippen LogP contribution in [-0.4, -0.2) is 28.5 Å². The first kappa shape index (κ1) is 16.5. The van der Waals surface area contributed by atoms with E-state index in [1.54, 1.807) is 0 Å². The minimum Gasteiger partial charge on any atom is -0.355 e. The van der Waals surface area contributed by atoms with Gasteiger partial charge in [-0.15, -0.1) is 0 Å². The molecule has 3 N–H and O–H groups in total. The molecule has 1 amide bonds. The van der Waals surface area contributed by atoms with E-state index in [1.807, 2.05) is 0 Å². The summed E-state index contributed by atoms with van der Waals surface area (Å²) in [5.41, 5.74) is 10.1. The lowest BCUT2D eigenvalue weighted by Gasteiger charge is -2.10. The third-order valence-electron chi connectivity index (χ3n) is 3.95. The van der Waals surface area contributed by atoms with E-state index in [2.05, 4.69) is 42.8 Å². The van der Waals surface area contributed by atoms with Crippen molar-refractivity contribution in [2.75, 3.05) is 13.1 Å². The third kappa shape index (κ3) is 3.65. The van der Waals surface area contributed by atoms with Gasteiger partial charge in [-0.3, -0.25) is 4.79 Å². The van der Waals surface area contributed by atoms with Gasteiger partial charge in [0.2, 0.25) is 5.91 Å². The van der Waals surface area contributed by atoms with Crippen LogP contribution in [-0.2, 0) is 17.8 Å². The number of nitrogens with one attached hydrogen (secondary N) is 1. The zero-order chi connectivity index (χ0) is 16.1. The number of rotatable bonds is 7. The summed E-state index contributed by atoms with van der Waals surface area (Å²) in [7, 11) is 0. The van der Waals surface area contributed by atoms with E-state index >= 15 is 0 Å². The summed E-state index contributed by atoms with van der Waals surface area (Å²) in [6.07, 6.45) is 2.42. The Morgan fingerprint density at radius 1 is 1.32 bits per heavy atom. The number of aromatic nitrogens is 2. The summed E-state index contributed by atoms with van der Waals surface area (Å²) in [6.45, 7) is 8.02. The van der Waals surface area contributed by atoms with Gasteiger partial charge in [0.05, 0.1) is 11.0 Å². The summed E-state index contributed by atoms with van der Waals surface area (Å²) < 4.78 is 2.19. The number of hydrogen-bond donors (Lipinski definition) is 2. The molecule has 0 unspecified atom stereocenters. The van der Waals surface area contributed by atoms with Gasteiger partial charge < -0.3 is 15.6 Å². The lowest BCUT2D eigenvalue weighted by Crippen LogP contribution is -2.29. The molecule has 5 nitrogen and oxygen atoms in total. The predicted molar refractivity (Wildman–Crippen MR) is 89.9 cm³/mol. The summed E-state index contributed by atoms with van der Waals surface area (Å²) >= 11 is 0. The van der Waals surface area contributed by atoms with Gasteiger partial charge in [0.1, 0.15) is 5.82 Å². The molecule has 2 aromatic rings. The topological polar surface area (TPSA) is 72.9 Å². The maximum Gasteiger partial charge on any atom is 0.221 e. The van der Waals surface area contributed by atoms with Crippen molar-refractivity contribution < 1.29 is 4.79 Å². The molecule has 0 radical (unpaired) electrons. The molecule has 2 rings (SSSR count). The average molecular weight is 302 g/mol. The van der Waals surface area contributed by atoms with Crippen molar-refractivity contribution in [2.45, 2.75) is 46.6 Å². The van der Waals surface area contributed by atoms with E-state index in [0.717, 1.165) is 29.7 Å². The number of nitrogens with zero attached hydrogens (tertiary/aromatic N) is 2. The smallest absolute Gasteiger partial charge is 0.221 e. The number of aryl methyl sites for hydroxylation is 4. The van der Waals surface area contributed by atoms with Crippen LogP contribution in [0, 0.1) is 13.8 Å². The fourth-order valence-corrected chi connectivity index (χ4v) is 2.61. The van der Waals surface area contributed by atoms with Crippen molar-refractivity contribution in [3.63, 3.8) is 0 Å². The van der Waals surface area contributed by atoms with Crippen molar-refractivity contribution in [2.24, 2.45) is 5.73 Å². The fourth-order valence-electron chi connectivity index (χ4n) is 2.61. The first-order valence-electron chi connectivity index (χ1n) is 8.00. The second kappa shape index (κ2) is 7.40. The number of carbonyl (C=O) groups is 1. The van der Waals surface area contributed by atoms with E-state index in [0.29, 0.717) is 26.1 Å². The summed E-state index contributed by atoms with van der Waals surface area (Å²) in [5, 5.41) is 2.82. The Balaban J connectivity index is 2.27. The maximum atomic E-state index is 11.8. The molecule has 0 aliphatic rings. The number of nitrogens with two attached hydrogens (primary N) is 1. The first-order chi connectivity index (χ1) is 10.6. The third-order valence-corrected chi connectivity index (χ3v) is 3.95. The molecule has 1 heterocycles. The van der Waals surface area contributed by atoms with Gasteiger partial charge in [-0.2, -0.15) is 0 Å². The van der Waals surface area contributed by atoms with E-state index in [-0.39, 0.29) is 5.91 Å². The molecule has 0 saturated carbocycles. The van der Waals surface area contributed by atoms with Crippen LogP contribution in [0.3, 0.4) is 0 Å². The molecule has 1 aromatic heterocycles. The van der Waals surface area contributed by atoms with Crippen molar-refractivity contribution in [3.8, 4) is 0 Å². The molecular formula is C17H26N4O.